The van der Waals surface area contributed by atoms with Crippen molar-refractivity contribution < 1.29 is 4.39 Å². The molecule has 2 aromatic carbocycles. The van der Waals surface area contributed by atoms with E-state index in [-0.39, 0.29) is 5.82 Å². The number of nitrogen functional groups attached to an aromatic ring is 1. The van der Waals surface area contributed by atoms with E-state index >= 15 is 0 Å². The maximum atomic E-state index is 13.5. The fraction of sp³-hybridized carbons (Fsp3) is 0. The van der Waals surface area contributed by atoms with E-state index < -0.39 is 0 Å². The first-order valence-corrected chi connectivity index (χ1v) is 6.24. The summed E-state index contributed by atoms with van der Waals surface area (Å²) >= 11 is 4.74. The Hall–Kier alpha value is -1.00. The van der Waals surface area contributed by atoms with E-state index in [1.807, 2.05) is 24.3 Å². The fourth-order valence-corrected chi connectivity index (χ4v) is 2.31. The Balaban J connectivity index is 2.23. The average Bonchev–Trinajstić information content (AvgIpc) is 2.25. The zero-order chi connectivity index (χ0) is 11.5. The minimum atomic E-state index is -0.284. The van der Waals surface area contributed by atoms with Crippen LogP contribution in [0.4, 0.5) is 10.1 Å². The van der Waals surface area contributed by atoms with Crippen molar-refractivity contribution in [2.45, 2.75) is 9.79 Å². The highest BCUT2D eigenvalue weighted by molar-refractivity contribution is 9.10. The Labute approximate surface area is 106 Å². The van der Waals surface area contributed by atoms with Gasteiger partial charge in [0.05, 0.1) is 0 Å². The molecule has 16 heavy (non-hydrogen) atoms. The fourth-order valence-electron chi connectivity index (χ4n) is 1.23. The summed E-state index contributed by atoms with van der Waals surface area (Å²) in [5.74, 6) is -0.284. The molecule has 2 N–H and O–H groups in total. The van der Waals surface area contributed by atoms with Crippen LogP contribution >= 0.6 is 27.7 Å². The van der Waals surface area contributed by atoms with Crippen LogP contribution in [0.5, 0.6) is 0 Å². The largest absolute Gasteiger partial charge is 0.399 e. The first-order valence-electron chi connectivity index (χ1n) is 4.63. The average molecular weight is 298 g/mol. The van der Waals surface area contributed by atoms with Crippen LogP contribution in [0.2, 0.25) is 0 Å². The molecule has 1 nitrogen and oxygen atoms in total. The van der Waals surface area contributed by atoms with Crippen LogP contribution in [0.15, 0.2) is 56.7 Å². The van der Waals surface area contributed by atoms with Crippen molar-refractivity contribution in [3.63, 3.8) is 0 Å². The molecule has 0 heterocycles. The Bertz CT molecular complexity index is 499. The molecule has 0 amide bonds. The van der Waals surface area contributed by atoms with Gasteiger partial charge in [0.25, 0.3) is 0 Å². The van der Waals surface area contributed by atoms with E-state index in [1.54, 1.807) is 12.1 Å². The second-order valence-electron chi connectivity index (χ2n) is 3.25. The van der Waals surface area contributed by atoms with Crippen LogP contribution in [-0.4, -0.2) is 0 Å². The van der Waals surface area contributed by atoms with Gasteiger partial charge in [-0.2, -0.15) is 0 Å². The predicted octanol–water partition coefficient (Wildman–Crippen LogP) is 4.32. The molecule has 0 radical (unpaired) electrons. The van der Waals surface area contributed by atoms with Crippen molar-refractivity contribution in [3.05, 3.63) is 52.8 Å². The maximum absolute atomic E-state index is 13.5. The Morgan fingerprint density at radius 2 is 1.75 bits per heavy atom. The van der Waals surface area contributed by atoms with Gasteiger partial charge >= 0.3 is 0 Å². The summed E-state index contributed by atoms with van der Waals surface area (Å²) in [6.45, 7) is 0. The van der Waals surface area contributed by atoms with E-state index in [9.17, 15) is 4.39 Å². The molecule has 0 bridgehead atoms. The molecule has 0 atom stereocenters. The zero-order valence-electron chi connectivity index (χ0n) is 8.28. The number of anilines is 1. The van der Waals surface area contributed by atoms with Crippen molar-refractivity contribution in [2.75, 3.05) is 5.73 Å². The van der Waals surface area contributed by atoms with E-state index in [2.05, 4.69) is 15.9 Å². The molecular weight excluding hydrogens is 289 g/mol. The minimum absolute atomic E-state index is 0.284. The topological polar surface area (TPSA) is 26.0 Å². The Morgan fingerprint density at radius 3 is 2.38 bits per heavy atom. The van der Waals surface area contributed by atoms with Crippen molar-refractivity contribution in [3.8, 4) is 0 Å². The van der Waals surface area contributed by atoms with Gasteiger partial charge in [0, 0.05) is 20.0 Å². The van der Waals surface area contributed by atoms with Gasteiger partial charge in [-0.3, -0.25) is 0 Å². The number of hydrogen-bond donors (Lipinski definition) is 1. The maximum Gasteiger partial charge on any atom is 0.139 e. The Kier molecular flexibility index (Phi) is 3.51. The van der Waals surface area contributed by atoms with Gasteiger partial charge in [0.2, 0.25) is 0 Å². The molecule has 0 saturated heterocycles. The highest BCUT2D eigenvalue weighted by atomic mass is 79.9. The lowest BCUT2D eigenvalue weighted by atomic mass is 10.3. The van der Waals surface area contributed by atoms with Crippen molar-refractivity contribution >= 4 is 33.4 Å². The molecule has 0 spiro atoms. The highest BCUT2D eigenvalue weighted by Gasteiger charge is 2.04. The molecule has 0 aromatic heterocycles. The third kappa shape index (κ3) is 2.77. The molecular formula is C12H9BrFNS. The molecule has 2 aromatic rings. The van der Waals surface area contributed by atoms with E-state index in [1.165, 1.54) is 17.8 Å². The van der Waals surface area contributed by atoms with E-state index in [4.69, 9.17) is 5.73 Å². The number of benzene rings is 2. The standard InChI is InChI=1S/C12H9BrFNS/c13-8-1-4-10(5-2-8)16-12-6-3-9(15)7-11(12)14/h1-7H,15H2. The van der Waals surface area contributed by atoms with Gasteiger partial charge in [-0.05, 0) is 42.5 Å². The third-order valence-electron chi connectivity index (χ3n) is 2.00. The summed E-state index contributed by atoms with van der Waals surface area (Å²) in [4.78, 5) is 1.57. The number of nitrogens with two attached hydrogens (primary N) is 1. The highest BCUT2D eigenvalue weighted by Crippen LogP contribution is 2.31. The van der Waals surface area contributed by atoms with Crippen molar-refractivity contribution in [1.82, 2.24) is 0 Å². The van der Waals surface area contributed by atoms with Crippen LogP contribution in [-0.2, 0) is 0 Å². The van der Waals surface area contributed by atoms with Crippen LogP contribution in [0.25, 0.3) is 0 Å². The van der Waals surface area contributed by atoms with Crippen LogP contribution in [0.3, 0.4) is 0 Å². The van der Waals surface area contributed by atoms with Gasteiger partial charge < -0.3 is 5.73 Å². The second-order valence-corrected chi connectivity index (χ2v) is 5.28. The molecule has 0 aliphatic heterocycles. The van der Waals surface area contributed by atoms with Crippen LogP contribution < -0.4 is 5.73 Å². The lowest BCUT2D eigenvalue weighted by Crippen LogP contribution is -1.87. The molecule has 2 rings (SSSR count). The molecule has 0 aliphatic rings. The van der Waals surface area contributed by atoms with Crippen LogP contribution in [0.1, 0.15) is 0 Å². The van der Waals surface area contributed by atoms with E-state index in [0.717, 1.165) is 9.37 Å². The van der Waals surface area contributed by atoms with Gasteiger partial charge in [-0.25, -0.2) is 4.39 Å². The van der Waals surface area contributed by atoms with Gasteiger partial charge in [0.15, 0.2) is 0 Å². The van der Waals surface area contributed by atoms with Gasteiger partial charge in [0.1, 0.15) is 5.82 Å². The van der Waals surface area contributed by atoms with Gasteiger partial charge in [-0.15, -0.1) is 0 Å². The minimum Gasteiger partial charge on any atom is -0.399 e. The van der Waals surface area contributed by atoms with Crippen molar-refractivity contribution in [2.24, 2.45) is 0 Å². The molecule has 0 fully saturated rings. The lowest BCUT2D eigenvalue weighted by Gasteiger charge is -2.04. The molecule has 0 unspecified atom stereocenters. The zero-order valence-corrected chi connectivity index (χ0v) is 10.7. The molecule has 0 aliphatic carbocycles. The summed E-state index contributed by atoms with van der Waals surface area (Å²) in [5.41, 5.74) is 5.93. The summed E-state index contributed by atoms with van der Waals surface area (Å²) in [5, 5.41) is 0. The number of rotatable bonds is 2. The molecule has 4 heteroatoms. The van der Waals surface area contributed by atoms with Crippen molar-refractivity contribution in [1.29, 1.82) is 0 Å². The third-order valence-corrected chi connectivity index (χ3v) is 3.58. The Morgan fingerprint density at radius 1 is 1.06 bits per heavy atom. The number of halogens is 2. The molecule has 0 saturated carbocycles. The monoisotopic (exact) mass is 297 g/mol. The van der Waals surface area contributed by atoms with E-state index in [0.29, 0.717) is 10.6 Å². The molecule has 82 valence electrons. The smallest absolute Gasteiger partial charge is 0.139 e. The second kappa shape index (κ2) is 4.89. The van der Waals surface area contributed by atoms with Gasteiger partial charge in [-0.1, -0.05) is 27.7 Å². The summed E-state index contributed by atoms with van der Waals surface area (Å²) in [7, 11) is 0. The summed E-state index contributed by atoms with van der Waals surface area (Å²) in [6, 6.07) is 12.5. The lowest BCUT2D eigenvalue weighted by molar-refractivity contribution is 0.603. The SMILES string of the molecule is Nc1ccc(Sc2ccc(Br)cc2)c(F)c1. The quantitative estimate of drug-likeness (QED) is 0.836. The van der Waals surface area contributed by atoms with Crippen LogP contribution in [0, 0.1) is 5.82 Å². The number of hydrogen-bond acceptors (Lipinski definition) is 2. The first kappa shape index (κ1) is 11.5. The predicted molar refractivity (Wildman–Crippen MR) is 69.1 cm³/mol. The first-order chi connectivity index (χ1) is 7.65. The summed E-state index contributed by atoms with van der Waals surface area (Å²) in [6.07, 6.45) is 0. The normalized spacial score (nSPS) is 10.4. The summed E-state index contributed by atoms with van der Waals surface area (Å²) < 4.78 is 14.5.